The van der Waals surface area contributed by atoms with Gasteiger partial charge in [-0.1, -0.05) is 13.0 Å². The van der Waals surface area contributed by atoms with Crippen LogP contribution in [0.15, 0.2) is 29.2 Å². The molecule has 0 saturated carbocycles. The standard InChI is InChI=1S/C15H20N2O3S/c1-12-5-6-17-11-15(12)20-7-8-21(18,19)14-4-2-3-13(9-14)10-16/h2-4,9,12,15,17H,5-8,11H2,1H3. The molecular formula is C15H20N2O3S. The summed E-state index contributed by atoms with van der Waals surface area (Å²) in [6.45, 7) is 4.05. The van der Waals surface area contributed by atoms with Gasteiger partial charge in [-0.05, 0) is 37.1 Å². The van der Waals surface area contributed by atoms with Crippen LogP contribution in [0.1, 0.15) is 18.9 Å². The van der Waals surface area contributed by atoms with E-state index in [4.69, 9.17) is 10.00 Å². The van der Waals surface area contributed by atoms with Crippen molar-refractivity contribution < 1.29 is 13.2 Å². The molecule has 2 rings (SSSR count). The highest BCUT2D eigenvalue weighted by Gasteiger charge is 2.22. The second-order valence-electron chi connectivity index (χ2n) is 5.34. The van der Waals surface area contributed by atoms with Crippen molar-refractivity contribution in [3.8, 4) is 6.07 Å². The summed E-state index contributed by atoms with van der Waals surface area (Å²) in [4.78, 5) is 0.181. The van der Waals surface area contributed by atoms with Crippen LogP contribution in [0.5, 0.6) is 0 Å². The maximum atomic E-state index is 12.2. The molecule has 6 heteroatoms. The Morgan fingerprint density at radius 1 is 1.48 bits per heavy atom. The molecule has 1 saturated heterocycles. The Labute approximate surface area is 125 Å². The molecule has 1 aliphatic rings. The maximum absolute atomic E-state index is 12.2. The van der Waals surface area contributed by atoms with Gasteiger partial charge in [-0.3, -0.25) is 0 Å². The Hall–Kier alpha value is -1.42. The third-order valence-electron chi connectivity index (χ3n) is 3.76. The molecule has 1 aromatic carbocycles. The molecule has 1 aliphatic heterocycles. The first-order valence-corrected chi connectivity index (χ1v) is 8.73. The second kappa shape index (κ2) is 7.03. The SMILES string of the molecule is CC1CCNCC1OCCS(=O)(=O)c1cccc(C#N)c1. The van der Waals surface area contributed by atoms with Crippen molar-refractivity contribution in [3.63, 3.8) is 0 Å². The quantitative estimate of drug-likeness (QED) is 0.888. The summed E-state index contributed by atoms with van der Waals surface area (Å²) < 4.78 is 30.1. The van der Waals surface area contributed by atoms with E-state index in [0.717, 1.165) is 19.5 Å². The Morgan fingerprint density at radius 3 is 3.00 bits per heavy atom. The Morgan fingerprint density at radius 2 is 2.29 bits per heavy atom. The third-order valence-corrected chi connectivity index (χ3v) is 5.44. The normalized spacial score (nSPS) is 22.7. The molecule has 0 amide bonds. The van der Waals surface area contributed by atoms with E-state index >= 15 is 0 Å². The summed E-state index contributed by atoms with van der Waals surface area (Å²) in [5.74, 6) is 0.376. The first kappa shape index (κ1) is 16.0. The number of rotatable bonds is 5. The molecule has 2 unspecified atom stereocenters. The van der Waals surface area contributed by atoms with Gasteiger partial charge in [-0.25, -0.2) is 8.42 Å². The smallest absolute Gasteiger partial charge is 0.180 e. The highest BCUT2D eigenvalue weighted by Crippen LogP contribution is 2.16. The Bertz CT molecular complexity index is 622. The van der Waals surface area contributed by atoms with Crippen LogP contribution in [-0.2, 0) is 14.6 Å². The lowest BCUT2D eigenvalue weighted by atomic mass is 9.97. The van der Waals surface area contributed by atoms with Crippen molar-refractivity contribution in [1.82, 2.24) is 5.32 Å². The van der Waals surface area contributed by atoms with Gasteiger partial charge >= 0.3 is 0 Å². The molecule has 2 atom stereocenters. The van der Waals surface area contributed by atoms with E-state index in [1.165, 1.54) is 12.1 Å². The zero-order valence-corrected chi connectivity index (χ0v) is 12.9. The largest absolute Gasteiger partial charge is 0.376 e. The summed E-state index contributed by atoms with van der Waals surface area (Å²) in [5.41, 5.74) is 0.349. The fourth-order valence-electron chi connectivity index (χ4n) is 2.37. The van der Waals surface area contributed by atoms with Crippen molar-refractivity contribution in [1.29, 1.82) is 5.26 Å². The highest BCUT2D eigenvalue weighted by atomic mass is 32.2. The number of hydrogen-bond donors (Lipinski definition) is 1. The van der Waals surface area contributed by atoms with Gasteiger partial charge in [0.05, 0.1) is 35.0 Å². The predicted molar refractivity (Wildman–Crippen MR) is 79.6 cm³/mol. The van der Waals surface area contributed by atoms with Crippen LogP contribution < -0.4 is 5.32 Å². The van der Waals surface area contributed by atoms with E-state index in [0.29, 0.717) is 11.5 Å². The van der Waals surface area contributed by atoms with Crippen molar-refractivity contribution in [2.75, 3.05) is 25.4 Å². The summed E-state index contributed by atoms with van der Waals surface area (Å²) in [6.07, 6.45) is 1.11. The van der Waals surface area contributed by atoms with Crippen LogP contribution in [0.4, 0.5) is 0 Å². The summed E-state index contributed by atoms with van der Waals surface area (Å²) in [7, 11) is -3.41. The van der Waals surface area contributed by atoms with E-state index < -0.39 is 9.84 Å². The predicted octanol–water partition coefficient (Wildman–Crippen LogP) is 1.35. The molecule has 1 aromatic rings. The minimum absolute atomic E-state index is 0.0644. The number of sulfone groups is 1. The molecule has 0 aromatic heterocycles. The number of nitriles is 1. The molecule has 21 heavy (non-hydrogen) atoms. The van der Waals surface area contributed by atoms with Crippen LogP contribution in [-0.4, -0.2) is 40.0 Å². The molecule has 0 spiro atoms. The van der Waals surface area contributed by atoms with Gasteiger partial charge in [0.15, 0.2) is 9.84 Å². The average Bonchev–Trinajstić information content (AvgIpc) is 2.49. The summed E-state index contributed by atoms with van der Waals surface area (Å²) in [5, 5.41) is 12.1. The average molecular weight is 308 g/mol. The molecule has 0 aliphatic carbocycles. The lowest BCUT2D eigenvalue weighted by Crippen LogP contribution is -2.41. The Kier molecular flexibility index (Phi) is 5.34. The third kappa shape index (κ3) is 4.27. The van der Waals surface area contributed by atoms with Gasteiger partial charge in [0.25, 0.3) is 0 Å². The zero-order valence-electron chi connectivity index (χ0n) is 12.1. The number of piperidine rings is 1. The monoisotopic (exact) mass is 308 g/mol. The number of hydrogen-bond acceptors (Lipinski definition) is 5. The van der Waals surface area contributed by atoms with Crippen LogP contribution in [0.3, 0.4) is 0 Å². The second-order valence-corrected chi connectivity index (χ2v) is 7.45. The van der Waals surface area contributed by atoms with Crippen molar-refractivity contribution in [2.45, 2.75) is 24.3 Å². The fourth-order valence-corrected chi connectivity index (χ4v) is 3.51. The minimum atomic E-state index is -3.41. The van der Waals surface area contributed by atoms with E-state index in [-0.39, 0.29) is 23.4 Å². The molecule has 1 N–H and O–H groups in total. The number of nitrogens with one attached hydrogen (secondary N) is 1. The first-order chi connectivity index (χ1) is 10.0. The molecule has 5 nitrogen and oxygen atoms in total. The number of nitrogens with zero attached hydrogens (tertiary/aromatic N) is 1. The molecule has 0 radical (unpaired) electrons. The van der Waals surface area contributed by atoms with Crippen LogP contribution in [0.2, 0.25) is 0 Å². The van der Waals surface area contributed by atoms with Crippen molar-refractivity contribution >= 4 is 9.84 Å². The van der Waals surface area contributed by atoms with Gasteiger partial charge in [-0.2, -0.15) is 5.26 Å². The fraction of sp³-hybridized carbons (Fsp3) is 0.533. The lowest BCUT2D eigenvalue weighted by molar-refractivity contribution is 0.0124. The van der Waals surface area contributed by atoms with Crippen molar-refractivity contribution in [2.24, 2.45) is 5.92 Å². The summed E-state index contributed by atoms with van der Waals surface area (Å²) in [6, 6.07) is 8.04. The van der Waals surface area contributed by atoms with Crippen LogP contribution in [0, 0.1) is 17.2 Å². The van der Waals surface area contributed by atoms with Gasteiger partial charge in [0.2, 0.25) is 0 Å². The first-order valence-electron chi connectivity index (χ1n) is 7.08. The van der Waals surface area contributed by atoms with E-state index in [1.807, 2.05) is 6.07 Å². The maximum Gasteiger partial charge on any atom is 0.180 e. The molecular weight excluding hydrogens is 288 g/mol. The van der Waals surface area contributed by atoms with Gasteiger partial charge in [-0.15, -0.1) is 0 Å². The number of benzene rings is 1. The van der Waals surface area contributed by atoms with E-state index in [9.17, 15) is 8.42 Å². The van der Waals surface area contributed by atoms with E-state index in [1.54, 1.807) is 12.1 Å². The van der Waals surface area contributed by atoms with Gasteiger partial charge < -0.3 is 10.1 Å². The molecule has 1 fully saturated rings. The van der Waals surface area contributed by atoms with Gasteiger partial charge in [0.1, 0.15) is 0 Å². The minimum Gasteiger partial charge on any atom is -0.376 e. The van der Waals surface area contributed by atoms with Gasteiger partial charge in [0, 0.05) is 6.54 Å². The molecule has 1 heterocycles. The molecule has 0 bridgehead atoms. The lowest BCUT2D eigenvalue weighted by Gasteiger charge is -2.29. The zero-order chi connectivity index (χ0) is 15.3. The van der Waals surface area contributed by atoms with Crippen LogP contribution >= 0.6 is 0 Å². The topological polar surface area (TPSA) is 79.2 Å². The van der Waals surface area contributed by atoms with E-state index in [2.05, 4.69) is 12.2 Å². The van der Waals surface area contributed by atoms with Crippen LogP contribution in [0.25, 0.3) is 0 Å². The Balaban J connectivity index is 1.93. The van der Waals surface area contributed by atoms with Crippen molar-refractivity contribution in [3.05, 3.63) is 29.8 Å². The highest BCUT2D eigenvalue weighted by molar-refractivity contribution is 7.91. The molecule has 114 valence electrons. The summed E-state index contributed by atoms with van der Waals surface area (Å²) >= 11 is 0. The number of ether oxygens (including phenoxy) is 1.